The van der Waals surface area contributed by atoms with Gasteiger partial charge in [-0.15, -0.1) is 6.42 Å². The Hall–Kier alpha value is 1.58. The molecule has 0 saturated carbocycles. The first-order valence-electron chi connectivity index (χ1n) is 1.24. The van der Waals surface area contributed by atoms with Gasteiger partial charge in [0.05, 0.1) is 0 Å². The van der Waals surface area contributed by atoms with Gasteiger partial charge < -0.3 is 4.57 Å². The van der Waals surface area contributed by atoms with Gasteiger partial charge in [0, 0.05) is 53.8 Å². The molecule has 0 aromatic carbocycles. The van der Waals surface area contributed by atoms with Gasteiger partial charge in [0.25, 0.3) is 0 Å². The van der Waals surface area contributed by atoms with Crippen LogP contribution in [0.2, 0.25) is 0 Å². The molecule has 8 heavy (non-hydrogen) atoms. The smallest absolute Gasteiger partial charge is 0.140 e. The van der Waals surface area contributed by atoms with Crippen molar-refractivity contribution in [3.8, 4) is 12.1 Å². The Balaban J connectivity index is -0.0000000267. The Kier molecular flexibility index (Phi) is 44.8. The summed E-state index contributed by atoms with van der Waals surface area (Å²) in [4.78, 5) is 0. The van der Waals surface area contributed by atoms with Crippen LogP contribution < -0.4 is 0 Å². The molecule has 0 amide bonds. The second-order valence-corrected chi connectivity index (χ2v) is 2.10. The molecule has 0 rings (SSSR count). The fraction of sp³-hybridized carbons (Fsp3) is 0.500. The molecular weight excluding hydrogens is 368 g/mol. The topological polar surface area (TPSA) is 17.1 Å². The van der Waals surface area contributed by atoms with Crippen LogP contribution in [0.5, 0.6) is 0 Å². The fourth-order valence-electron chi connectivity index (χ4n) is 0. The van der Waals surface area contributed by atoms with Crippen LogP contribution in [0.15, 0.2) is 0 Å². The molecule has 0 aliphatic heterocycles. The van der Waals surface area contributed by atoms with E-state index in [1.165, 1.54) is 6.66 Å². The average molecular weight is 377 g/mol. The molecule has 0 aromatic heterocycles. The van der Waals surface area contributed by atoms with E-state index in [2.05, 4.69) is 12.1 Å². The predicted molar refractivity (Wildman–Crippen MR) is 30.5 cm³/mol. The zero-order valence-corrected chi connectivity index (χ0v) is 10.7. The summed E-state index contributed by atoms with van der Waals surface area (Å²) in [5.74, 6) is 0. The molecule has 0 spiro atoms. The summed E-state index contributed by atoms with van der Waals surface area (Å²) in [5, 5.41) is 0. The first-order chi connectivity index (χ1) is 2.27. The molecule has 0 aromatic rings. The van der Waals surface area contributed by atoms with Crippen molar-refractivity contribution in [1.82, 2.24) is 0 Å². The normalized spacial score (nSPS) is 8.00. The van der Waals surface area contributed by atoms with Gasteiger partial charge in [-0.2, -0.15) is 0 Å². The maximum absolute atomic E-state index is 9.76. The molecule has 1 radical (unpaired) electrons. The second-order valence-electron chi connectivity index (χ2n) is 0.701. The number of terminal acetylenes is 1. The summed E-state index contributed by atoms with van der Waals surface area (Å²) in [6.45, 7) is 1.53. The summed E-state index contributed by atoms with van der Waals surface area (Å²) >= 11 is 0. The van der Waals surface area contributed by atoms with Gasteiger partial charge in [-0.1, -0.05) is 7.43 Å². The zero-order chi connectivity index (χ0) is 4.28. The van der Waals surface area contributed by atoms with Crippen LogP contribution in [0.3, 0.4) is 0 Å². The van der Waals surface area contributed by atoms with Crippen LogP contribution in [-0.2, 0) is 58.3 Å². The van der Waals surface area contributed by atoms with Crippen LogP contribution in [0.25, 0.3) is 0 Å². The van der Waals surface area contributed by atoms with Gasteiger partial charge in [-0.25, -0.2) is 0 Å². The fourth-order valence-corrected chi connectivity index (χ4v) is 0. The van der Waals surface area contributed by atoms with E-state index in [0.29, 0.717) is 0 Å². The molecule has 0 bridgehead atoms. The minimum Gasteiger partial charge on any atom is -0.314 e. The standard InChI is InChI=1S/C3H5OP.CH4.W.Y/c1-3-5(2)4;;;/h1,5H,2H3;1H4;;. The Morgan fingerprint density at radius 1 is 1.62 bits per heavy atom. The van der Waals surface area contributed by atoms with Crippen molar-refractivity contribution < 1.29 is 58.3 Å². The van der Waals surface area contributed by atoms with Gasteiger partial charge >= 0.3 is 0 Å². The molecule has 0 saturated heterocycles. The van der Waals surface area contributed by atoms with Crippen molar-refractivity contribution in [2.45, 2.75) is 7.43 Å². The van der Waals surface area contributed by atoms with Gasteiger partial charge in [-0.3, -0.25) is 0 Å². The molecule has 0 aliphatic rings. The molecule has 1 unspecified atom stereocenters. The van der Waals surface area contributed by atoms with E-state index in [-0.39, 0.29) is 61.2 Å². The predicted octanol–water partition coefficient (Wildman–Crippen LogP) is 1.40. The van der Waals surface area contributed by atoms with Crippen molar-refractivity contribution in [2.24, 2.45) is 0 Å². The van der Waals surface area contributed by atoms with Crippen LogP contribution in [-0.4, -0.2) is 6.66 Å². The van der Waals surface area contributed by atoms with Crippen molar-refractivity contribution in [3.05, 3.63) is 0 Å². The Morgan fingerprint density at radius 3 is 1.75 bits per heavy atom. The third-order valence-electron chi connectivity index (χ3n) is 0.203. The SMILES string of the molecule is C.C#C[PH](C)=O.[W].[Y]. The van der Waals surface area contributed by atoms with Gasteiger partial charge in [0.15, 0.2) is 0 Å². The molecule has 4 heteroatoms. The summed E-state index contributed by atoms with van der Waals surface area (Å²) < 4.78 is 9.76. The largest absolute Gasteiger partial charge is 0.314 e. The number of hydrogen-bond acceptors (Lipinski definition) is 1. The molecule has 45 valence electrons. The molecule has 0 fully saturated rings. The third-order valence-corrected chi connectivity index (χ3v) is 0.610. The summed E-state index contributed by atoms with van der Waals surface area (Å²) in [6.07, 6.45) is 4.65. The Labute approximate surface area is 91.3 Å². The van der Waals surface area contributed by atoms with Crippen molar-refractivity contribution in [1.29, 1.82) is 0 Å². The van der Waals surface area contributed by atoms with E-state index >= 15 is 0 Å². The van der Waals surface area contributed by atoms with E-state index in [1.54, 1.807) is 0 Å². The van der Waals surface area contributed by atoms with Crippen molar-refractivity contribution in [2.75, 3.05) is 6.66 Å². The van der Waals surface area contributed by atoms with Gasteiger partial charge in [0.1, 0.15) is 7.80 Å². The van der Waals surface area contributed by atoms with Gasteiger partial charge in [0.2, 0.25) is 0 Å². The summed E-state index contributed by atoms with van der Waals surface area (Å²) in [6, 6.07) is 0. The van der Waals surface area contributed by atoms with E-state index < -0.39 is 7.80 Å². The molecule has 0 N–H and O–H groups in total. The van der Waals surface area contributed by atoms with Crippen LogP contribution in [0.4, 0.5) is 0 Å². The number of rotatable bonds is 0. The maximum atomic E-state index is 9.76. The minimum absolute atomic E-state index is 0. The molecule has 0 heterocycles. The second kappa shape index (κ2) is 15.8. The molecule has 0 aliphatic carbocycles. The molecule has 1 atom stereocenters. The maximum Gasteiger partial charge on any atom is 0.140 e. The monoisotopic (exact) mass is 377 g/mol. The van der Waals surface area contributed by atoms with Crippen LogP contribution in [0, 0.1) is 12.1 Å². The Morgan fingerprint density at radius 2 is 1.75 bits per heavy atom. The third kappa shape index (κ3) is 25.6. The Bertz CT molecular complexity index is 88.5. The first-order valence-corrected chi connectivity index (χ1v) is 3.15. The van der Waals surface area contributed by atoms with E-state index in [4.69, 9.17) is 0 Å². The quantitative estimate of drug-likeness (QED) is 0.461. The van der Waals surface area contributed by atoms with E-state index in [9.17, 15) is 4.57 Å². The van der Waals surface area contributed by atoms with Crippen LogP contribution >= 0.6 is 7.80 Å². The van der Waals surface area contributed by atoms with Crippen molar-refractivity contribution >= 4 is 7.80 Å². The summed E-state index contributed by atoms with van der Waals surface area (Å²) in [5.41, 5.74) is 2.07. The van der Waals surface area contributed by atoms with Crippen LogP contribution in [0.1, 0.15) is 7.43 Å². The summed E-state index contributed by atoms with van der Waals surface area (Å²) in [7, 11) is -1.60. The van der Waals surface area contributed by atoms with E-state index in [1.807, 2.05) is 0 Å². The van der Waals surface area contributed by atoms with Gasteiger partial charge in [-0.05, 0) is 12.3 Å². The number of hydrogen-bond donors (Lipinski definition) is 0. The average Bonchev–Trinajstić information content (AvgIpc) is 1.38. The van der Waals surface area contributed by atoms with Crippen molar-refractivity contribution in [3.63, 3.8) is 0 Å². The minimum atomic E-state index is -1.60. The first kappa shape index (κ1) is 22.6. The molecule has 1 nitrogen and oxygen atoms in total. The zero-order valence-electron chi connectivity index (χ0n) is 3.97. The molecular formula is C4H9OPWY. The van der Waals surface area contributed by atoms with E-state index in [0.717, 1.165) is 0 Å².